The molecule has 1 aliphatic heterocycles. The van der Waals surface area contributed by atoms with E-state index in [-0.39, 0.29) is 4.90 Å². The molecule has 0 atom stereocenters. The van der Waals surface area contributed by atoms with E-state index in [9.17, 15) is 8.42 Å². The third-order valence-electron chi connectivity index (χ3n) is 2.92. The van der Waals surface area contributed by atoms with Gasteiger partial charge in [0.25, 0.3) is 10.0 Å². The van der Waals surface area contributed by atoms with E-state index in [1.165, 1.54) is 12.1 Å². The first-order chi connectivity index (χ1) is 8.49. The predicted octanol–water partition coefficient (Wildman–Crippen LogP) is 2.54. The van der Waals surface area contributed by atoms with Crippen molar-refractivity contribution in [2.45, 2.75) is 24.2 Å². The highest BCUT2D eigenvalue weighted by molar-refractivity contribution is 7.90. The molecule has 6 heteroatoms. The number of rotatable bonds is 2. The van der Waals surface area contributed by atoms with Gasteiger partial charge in [0.05, 0.1) is 4.90 Å². The second kappa shape index (κ2) is 5.28. The molecular formula is C12H15ClN2O2S. The van der Waals surface area contributed by atoms with Crippen LogP contribution in [0.25, 0.3) is 0 Å². The number of sulfonamides is 1. The van der Waals surface area contributed by atoms with Gasteiger partial charge in [-0.2, -0.15) is 8.42 Å². The molecule has 1 aromatic carbocycles. The minimum Gasteiger partial charge on any atom is -0.362 e. The minimum atomic E-state index is -3.62. The summed E-state index contributed by atoms with van der Waals surface area (Å²) in [5.41, 5.74) is 0. The lowest BCUT2D eigenvalue weighted by molar-refractivity contribution is 0.434. The molecule has 4 nitrogen and oxygen atoms in total. The summed E-state index contributed by atoms with van der Waals surface area (Å²) in [6.45, 7) is 0.856. The Morgan fingerprint density at radius 3 is 2.50 bits per heavy atom. The Balaban J connectivity index is 2.31. The quantitative estimate of drug-likeness (QED) is 0.839. The van der Waals surface area contributed by atoms with Crippen LogP contribution >= 0.6 is 11.6 Å². The van der Waals surface area contributed by atoms with Gasteiger partial charge in [0, 0.05) is 25.0 Å². The minimum absolute atomic E-state index is 0.179. The van der Waals surface area contributed by atoms with Crippen LogP contribution in [-0.4, -0.2) is 32.7 Å². The van der Waals surface area contributed by atoms with Crippen molar-refractivity contribution in [2.75, 3.05) is 13.6 Å². The van der Waals surface area contributed by atoms with Gasteiger partial charge in [0.15, 0.2) is 0 Å². The zero-order chi connectivity index (χ0) is 13.2. The average molecular weight is 287 g/mol. The summed E-state index contributed by atoms with van der Waals surface area (Å²) in [5, 5.41) is 0.511. The van der Waals surface area contributed by atoms with Crippen molar-refractivity contribution >= 4 is 27.5 Å². The van der Waals surface area contributed by atoms with Crippen molar-refractivity contribution in [1.82, 2.24) is 4.90 Å². The van der Waals surface area contributed by atoms with Crippen LogP contribution in [0.4, 0.5) is 0 Å². The summed E-state index contributed by atoms with van der Waals surface area (Å²) < 4.78 is 28.1. The van der Waals surface area contributed by atoms with E-state index in [1.807, 2.05) is 11.9 Å². The molecule has 1 aliphatic rings. The fourth-order valence-corrected chi connectivity index (χ4v) is 3.08. The second-order valence-electron chi connectivity index (χ2n) is 4.32. The lowest BCUT2D eigenvalue weighted by atomic mass is 10.1. The Bertz CT molecular complexity index is 552. The van der Waals surface area contributed by atoms with Crippen molar-refractivity contribution in [3.8, 4) is 0 Å². The fraction of sp³-hybridized carbons (Fsp3) is 0.417. The van der Waals surface area contributed by atoms with Gasteiger partial charge in [-0.3, -0.25) is 0 Å². The van der Waals surface area contributed by atoms with Crippen LogP contribution in [0.1, 0.15) is 19.3 Å². The Morgan fingerprint density at radius 2 is 1.89 bits per heavy atom. The van der Waals surface area contributed by atoms with Crippen molar-refractivity contribution in [1.29, 1.82) is 0 Å². The smallest absolute Gasteiger partial charge is 0.283 e. The second-order valence-corrected chi connectivity index (χ2v) is 6.36. The zero-order valence-electron chi connectivity index (χ0n) is 10.1. The summed E-state index contributed by atoms with van der Waals surface area (Å²) in [5.74, 6) is 0.635. The van der Waals surface area contributed by atoms with Gasteiger partial charge < -0.3 is 4.90 Å². The van der Waals surface area contributed by atoms with Gasteiger partial charge in [0.2, 0.25) is 0 Å². The molecule has 1 saturated heterocycles. The molecule has 0 spiro atoms. The van der Waals surface area contributed by atoms with Crippen LogP contribution in [0, 0.1) is 0 Å². The van der Waals surface area contributed by atoms with E-state index in [0.29, 0.717) is 17.3 Å². The summed E-state index contributed by atoms with van der Waals surface area (Å²) in [6.07, 6.45) is 2.78. The molecule has 0 saturated carbocycles. The number of benzene rings is 1. The Morgan fingerprint density at radius 1 is 1.22 bits per heavy atom. The van der Waals surface area contributed by atoms with Crippen molar-refractivity contribution in [3.05, 3.63) is 29.3 Å². The molecule has 0 aliphatic carbocycles. The first kappa shape index (κ1) is 13.4. The Labute approximate surface area is 112 Å². The Kier molecular flexibility index (Phi) is 3.92. The van der Waals surface area contributed by atoms with Crippen LogP contribution in [0.5, 0.6) is 0 Å². The van der Waals surface area contributed by atoms with Crippen LogP contribution in [-0.2, 0) is 10.0 Å². The van der Waals surface area contributed by atoms with Crippen molar-refractivity contribution in [3.63, 3.8) is 0 Å². The van der Waals surface area contributed by atoms with Crippen molar-refractivity contribution in [2.24, 2.45) is 4.40 Å². The van der Waals surface area contributed by atoms with E-state index < -0.39 is 10.0 Å². The average Bonchev–Trinajstić information content (AvgIpc) is 2.32. The van der Waals surface area contributed by atoms with Gasteiger partial charge in [-0.25, -0.2) is 0 Å². The number of halogens is 1. The zero-order valence-corrected chi connectivity index (χ0v) is 11.7. The monoisotopic (exact) mass is 286 g/mol. The normalized spacial score (nSPS) is 19.2. The summed E-state index contributed by atoms with van der Waals surface area (Å²) in [7, 11) is -1.75. The lowest BCUT2D eigenvalue weighted by Gasteiger charge is -2.25. The topological polar surface area (TPSA) is 49.7 Å². The molecule has 0 unspecified atom stereocenters. The van der Waals surface area contributed by atoms with Gasteiger partial charge in [-0.1, -0.05) is 11.6 Å². The standard InChI is InChI=1S/C12H15ClN2O2S/c1-15-9-3-2-4-12(15)14-18(16,17)11-7-5-10(13)6-8-11/h5-8H,2-4,9H2,1H3/b14-12+. The van der Waals surface area contributed by atoms with Gasteiger partial charge >= 0.3 is 0 Å². The number of hydrogen-bond acceptors (Lipinski definition) is 2. The molecule has 18 heavy (non-hydrogen) atoms. The number of likely N-dealkylation sites (tertiary alicyclic amines) is 1. The first-order valence-electron chi connectivity index (χ1n) is 5.79. The number of hydrogen-bond donors (Lipinski definition) is 0. The maximum absolute atomic E-state index is 12.1. The van der Waals surface area contributed by atoms with Crippen LogP contribution in [0.15, 0.2) is 33.6 Å². The van der Waals surface area contributed by atoms with Gasteiger partial charge in [-0.05, 0) is 37.1 Å². The van der Waals surface area contributed by atoms with Crippen LogP contribution < -0.4 is 0 Å². The number of nitrogens with zero attached hydrogens (tertiary/aromatic N) is 2. The van der Waals surface area contributed by atoms with E-state index in [1.54, 1.807) is 12.1 Å². The molecule has 1 heterocycles. The summed E-state index contributed by atoms with van der Waals surface area (Å²) in [6, 6.07) is 6.06. The highest BCUT2D eigenvalue weighted by Crippen LogP contribution is 2.18. The maximum Gasteiger partial charge on any atom is 0.283 e. The molecule has 0 N–H and O–H groups in total. The number of piperidine rings is 1. The lowest BCUT2D eigenvalue weighted by Crippen LogP contribution is -2.32. The highest BCUT2D eigenvalue weighted by atomic mass is 35.5. The Hall–Kier alpha value is -1.07. The van der Waals surface area contributed by atoms with Gasteiger partial charge in [-0.15, -0.1) is 4.40 Å². The van der Waals surface area contributed by atoms with Crippen molar-refractivity contribution < 1.29 is 8.42 Å². The fourth-order valence-electron chi connectivity index (χ4n) is 1.87. The van der Waals surface area contributed by atoms with E-state index >= 15 is 0 Å². The molecular weight excluding hydrogens is 272 g/mol. The molecule has 0 aromatic heterocycles. The molecule has 1 fully saturated rings. The van der Waals surface area contributed by atoms with Gasteiger partial charge in [0.1, 0.15) is 5.84 Å². The molecule has 0 radical (unpaired) electrons. The third-order valence-corrected chi connectivity index (χ3v) is 4.49. The summed E-state index contributed by atoms with van der Waals surface area (Å²) in [4.78, 5) is 2.08. The molecule has 0 amide bonds. The summed E-state index contributed by atoms with van der Waals surface area (Å²) >= 11 is 5.74. The van der Waals surface area contributed by atoms with Crippen LogP contribution in [0.2, 0.25) is 5.02 Å². The van der Waals surface area contributed by atoms with E-state index in [4.69, 9.17) is 11.6 Å². The SMILES string of the molecule is CN1CCCC/C1=N\S(=O)(=O)c1ccc(Cl)cc1. The maximum atomic E-state index is 12.1. The van der Waals surface area contributed by atoms with E-state index in [0.717, 1.165) is 19.4 Å². The number of amidine groups is 1. The largest absolute Gasteiger partial charge is 0.362 e. The van der Waals surface area contributed by atoms with E-state index in [2.05, 4.69) is 4.40 Å². The third kappa shape index (κ3) is 3.03. The van der Waals surface area contributed by atoms with Crippen LogP contribution in [0.3, 0.4) is 0 Å². The first-order valence-corrected chi connectivity index (χ1v) is 7.61. The molecule has 98 valence electrons. The highest BCUT2D eigenvalue weighted by Gasteiger charge is 2.18. The molecule has 1 aromatic rings. The molecule has 0 bridgehead atoms. The molecule has 2 rings (SSSR count). The predicted molar refractivity (Wildman–Crippen MR) is 72.6 cm³/mol.